The molecule has 4 rings (SSSR count). The van der Waals surface area contributed by atoms with Gasteiger partial charge in [0.25, 0.3) is 0 Å². The summed E-state index contributed by atoms with van der Waals surface area (Å²) < 4.78 is 22.9. The fraction of sp³-hybridized carbons (Fsp3) is 0.0870. The molecule has 0 aliphatic carbocycles. The van der Waals surface area contributed by atoms with Crippen molar-refractivity contribution in [1.29, 1.82) is 0 Å². The number of benzene rings is 3. The summed E-state index contributed by atoms with van der Waals surface area (Å²) in [5.41, 5.74) is 3.23. The van der Waals surface area contributed by atoms with E-state index in [4.69, 9.17) is 5.14 Å². The van der Waals surface area contributed by atoms with Crippen molar-refractivity contribution in [2.75, 3.05) is 0 Å². The zero-order valence-corrected chi connectivity index (χ0v) is 16.9. The van der Waals surface area contributed by atoms with Gasteiger partial charge in [0.1, 0.15) is 0 Å². The number of rotatable bonds is 7. The van der Waals surface area contributed by atoms with Crippen molar-refractivity contribution in [2.45, 2.75) is 17.5 Å². The number of H-pyrrole nitrogens is 1. The number of primary sulfonamides is 1. The van der Waals surface area contributed by atoms with Crippen molar-refractivity contribution in [3.8, 4) is 0 Å². The lowest BCUT2D eigenvalue weighted by molar-refractivity contribution is 0.0943. The molecule has 3 aromatic carbocycles. The number of para-hydroxylation sites is 1. The van der Waals surface area contributed by atoms with E-state index in [1.807, 2.05) is 54.6 Å². The third-order valence-electron chi connectivity index (χ3n) is 5.01. The summed E-state index contributed by atoms with van der Waals surface area (Å²) in [6.07, 6.45) is 1.74. The predicted molar refractivity (Wildman–Crippen MR) is 116 cm³/mol. The van der Waals surface area contributed by atoms with E-state index >= 15 is 0 Å². The van der Waals surface area contributed by atoms with E-state index in [9.17, 15) is 13.2 Å². The molecule has 152 valence electrons. The van der Waals surface area contributed by atoms with Gasteiger partial charge < -0.3 is 4.98 Å². The van der Waals surface area contributed by atoms with Gasteiger partial charge in [-0.2, -0.15) is 0 Å². The molecule has 0 saturated heterocycles. The first kappa shape index (κ1) is 20.0. The van der Waals surface area contributed by atoms with Crippen LogP contribution in [0.15, 0.2) is 90.0 Å². The van der Waals surface area contributed by atoms with Crippen LogP contribution in [0.3, 0.4) is 0 Å². The largest absolute Gasteiger partial charge is 0.360 e. The van der Waals surface area contributed by atoms with Crippen LogP contribution in [0.5, 0.6) is 0 Å². The van der Waals surface area contributed by atoms with Crippen LogP contribution in [-0.2, 0) is 16.6 Å². The molecule has 0 saturated carbocycles. The Hall–Kier alpha value is -3.26. The van der Waals surface area contributed by atoms with Crippen LogP contribution in [0.1, 0.15) is 27.5 Å². The molecule has 0 aliphatic rings. The number of aromatic nitrogens is 1. The van der Waals surface area contributed by atoms with Gasteiger partial charge in [0.15, 0.2) is 5.78 Å². The molecular weight excluding hydrogens is 398 g/mol. The molecular formula is C23H21N3O3S. The highest BCUT2D eigenvalue weighted by molar-refractivity contribution is 7.89. The molecule has 0 fully saturated rings. The van der Waals surface area contributed by atoms with E-state index in [1.165, 1.54) is 12.1 Å². The van der Waals surface area contributed by atoms with Crippen molar-refractivity contribution >= 4 is 26.7 Å². The number of nitrogens with two attached hydrogens (primary N) is 1. The predicted octanol–water partition coefficient (Wildman–Crippen LogP) is 3.53. The average molecular weight is 420 g/mol. The number of Topliss-reactive ketones (excluding diaryl/α,β-unsaturated/α-hetero) is 1. The van der Waals surface area contributed by atoms with Crippen molar-refractivity contribution in [2.24, 2.45) is 5.14 Å². The first-order valence-electron chi connectivity index (χ1n) is 9.44. The quantitative estimate of drug-likeness (QED) is 0.399. The molecule has 1 heterocycles. The Labute approximate surface area is 174 Å². The van der Waals surface area contributed by atoms with E-state index in [-0.39, 0.29) is 10.7 Å². The number of hydrogen-bond donors (Lipinski definition) is 3. The Morgan fingerprint density at radius 3 is 2.30 bits per heavy atom. The van der Waals surface area contributed by atoms with Gasteiger partial charge in [0.05, 0.1) is 10.9 Å². The molecule has 0 radical (unpaired) electrons. The molecule has 30 heavy (non-hydrogen) atoms. The number of nitrogens with one attached hydrogen (secondary N) is 2. The zero-order valence-electron chi connectivity index (χ0n) is 16.1. The van der Waals surface area contributed by atoms with E-state index < -0.39 is 16.1 Å². The second-order valence-corrected chi connectivity index (χ2v) is 8.59. The summed E-state index contributed by atoms with van der Waals surface area (Å²) in [7, 11) is -3.74. The maximum Gasteiger partial charge on any atom is 0.238 e. The van der Waals surface area contributed by atoms with Gasteiger partial charge in [-0.05, 0) is 29.3 Å². The van der Waals surface area contributed by atoms with E-state index in [1.54, 1.807) is 18.3 Å². The molecule has 1 atom stereocenters. The third kappa shape index (κ3) is 4.18. The van der Waals surface area contributed by atoms with Gasteiger partial charge in [0.2, 0.25) is 10.0 Å². The summed E-state index contributed by atoms with van der Waals surface area (Å²) in [5, 5.41) is 9.35. The fourth-order valence-corrected chi connectivity index (χ4v) is 3.97. The topological polar surface area (TPSA) is 105 Å². The van der Waals surface area contributed by atoms with E-state index in [0.29, 0.717) is 12.1 Å². The van der Waals surface area contributed by atoms with Crippen molar-refractivity contribution in [3.05, 3.63) is 102 Å². The maximum absolute atomic E-state index is 13.4. The molecule has 7 heteroatoms. The summed E-state index contributed by atoms with van der Waals surface area (Å²) in [4.78, 5) is 16.7. The first-order chi connectivity index (χ1) is 14.4. The molecule has 1 aromatic heterocycles. The van der Waals surface area contributed by atoms with Crippen LogP contribution in [-0.4, -0.2) is 19.2 Å². The molecule has 4 aromatic rings. The Bertz CT molecular complexity index is 1280. The third-order valence-corrected chi connectivity index (χ3v) is 5.94. The molecule has 0 aliphatic heterocycles. The molecule has 6 nitrogen and oxygen atoms in total. The first-order valence-corrected chi connectivity index (χ1v) is 11.0. The van der Waals surface area contributed by atoms with Gasteiger partial charge in [-0.25, -0.2) is 13.6 Å². The van der Waals surface area contributed by atoms with Crippen molar-refractivity contribution in [1.82, 2.24) is 10.3 Å². The van der Waals surface area contributed by atoms with E-state index in [2.05, 4.69) is 10.3 Å². The standard InChI is InChI=1S/C23H21N3O3S/c24-30(28,29)18-12-10-16(11-13-18)14-26-22(17-6-2-1-3-7-17)23(27)20-15-25-21-9-5-4-8-19(20)21/h1-13,15,22,25-26H,14H2,(H2,24,28,29)/t22-/m0/s1. The highest BCUT2D eigenvalue weighted by Gasteiger charge is 2.24. The summed E-state index contributed by atoms with van der Waals surface area (Å²) in [6, 6.07) is 23.0. The minimum atomic E-state index is -3.74. The van der Waals surface area contributed by atoms with Crippen LogP contribution in [0.25, 0.3) is 10.9 Å². The number of fused-ring (bicyclic) bond motifs is 1. The minimum absolute atomic E-state index is 0.0418. The number of carbonyl (C=O) groups excluding carboxylic acids is 1. The van der Waals surface area contributed by atoms with Gasteiger partial charge in [-0.15, -0.1) is 0 Å². The Morgan fingerprint density at radius 1 is 0.933 bits per heavy atom. The lowest BCUT2D eigenvalue weighted by Gasteiger charge is -2.18. The lowest BCUT2D eigenvalue weighted by atomic mass is 9.96. The van der Waals surface area contributed by atoms with E-state index in [0.717, 1.165) is 22.0 Å². The van der Waals surface area contributed by atoms with Gasteiger partial charge in [0, 0.05) is 29.2 Å². The zero-order chi connectivity index (χ0) is 21.1. The van der Waals surface area contributed by atoms with Crippen LogP contribution in [0, 0.1) is 0 Å². The SMILES string of the molecule is NS(=O)(=O)c1ccc(CN[C@H](C(=O)c2c[nH]c3ccccc23)c2ccccc2)cc1. The average Bonchev–Trinajstić information content (AvgIpc) is 3.18. The highest BCUT2D eigenvalue weighted by atomic mass is 32.2. The van der Waals surface area contributed by atoms with Gasteiger partial charge in [-0.3, -0.25) is 10.1 Å². The number of hydrogen-bond acceptors (Lipinski definition) is 4. The molecule has 0 bridgehead atoms. The van der Waals surface area contributed by atoms with Crippen molar-refractivity contribution in [3.63, 3.8) is 0 Å². The monoisotopic (exact) mass is 419 g/mol. The Balaban J connectivity index is 1.62. The Kier molecular flexibility index (Phi) is 5.50. The van der Waals surface area contributed by atoms with Crippen LogP contribution in [0.2, 0.25) is 0 Å². The molecule has 0 unspecified atom stereocenters. The number of aromatic amines is 1. The molecule has 4 N–H and O–H groups in total. The van der Waals surface area contributed by atoms with Gasteiger partial charge >= 0.3 is 0 Å². The second-order valence-electron chi connectivity index (χ2n) is 7.03. The van der Waals surface area contributed by atoms with Crippen molar-refractivity contribution < 1.29 is 13.2 Å². The molecule has 0 spiro atoms. The number of sulfonamides is 1. The second kappa shape index (κ2) is 8.23. The van der Waals surface area contributed by atoms with Crippen LogP contribution >= 0.6 is 0 Å². The minimum Gasteiger partial charge on any atom is -0.360 e. The lowest BCUT2D eigenvalue weighted by Crippen LogP contribution is -2.28. The summed E-state index contributed by atoms with van der Waals surface area (Å²) >= 11 is 0. The van der Waals surface area contributed by atoms with Crippen LogP contribution in [0.4, 0.5) is 0 Å². The number of carbonyl (C=O) groups is 1. The maximum atomic E-state index is 13.4. The smallest absolute Gasteiger partial charge is 0.238 e. The highest BCUT2D eigenvalue weighted by Crippen LogP contribution is 2.25. The Morgan fingerprint density at radius 2 is 1.60 bits per heavy atom. The fourth-order valence-electron chi connectivity index (χ4n) is 3.46. The van der Waals surface area contributed by atoms with Gasteiger partial charge in [-0.1, -0.05) is 60.7 Å². The van der Waals surface area contributed by atoms with Crippen LogP contribution < -0.4 is 10.5 Å². The molecule has 0 amide bonds. The normalized spacial score (nSPS) is 12.7. The summed E-state index contributed by atoms with van der Waals surface area (Å²) in [6.45, 7) is 0.387. The number of ketones is 1. The summed E-state index contributed by atoms with van der Waals surface area (Å²) in [5.74, 6) is -0.0418.